The number of halogens is 3. The third kappa shape index (κ3) is 4.00. The summed E-state index contributed by atoms with van der Waals surface area (Å²) in [6, 6.07) is 14.4. The highest BCUT2D eigenvalue weighted by atomic mass is 32.1. The first-order chi connectivity index (χ1) is 11.8. The van der Waals surface area contributed by atoms with Crippen LogP contribution < -0.4 is 5.32 Å². The molecule has 0 bridgehead atoms. The summed E-state index contributed by atoms with van der Waals surface area (Å²) in [4.78, 5) is 13.4. The van der Waals surface area contributed by atoms with Gasteiger partial charge in [0.15, 0.2) is 0 Å². The molecule has 7 heteroatoms. The number of thiophene rings is 1. The predicted octanol–water partition coefficient (Wildman–Crippen LogP) is 5.39. The molecular weight excluding hydrogens is 351 g/mol. The van der Waals surface area contributed by atoms with Gasteiger partial charge in [-0.1, -0.05) is 6.07 Å². The molecule has 0 aliphatic rings. The zero-order chi connectivity index (χ0) is 18.0. The summed E-state index contributed by atoms with van der Waals surface area (Å²) in [5.41, 5.74) is 0.0987. The molecule has 1 aromatic heterocycles. The van der Waals surface area contributed by atoms with Crippen LogP contribution in [-0.4, -0.2) is 11.0 Å². The summed E-state index contributed by atoms with van der Waals surface area (Å²) in [5, 5.41) is 11.8. The molecule has 25 heavy (non-hydrogen) atoms. The monoisotopic (exact) mass is 363 g/mol. The molecule has 0 aliphatic heterocycles. The van der Waals surface area contributed by atoms with Crippen LogP contribution in [-0.2, 0) is 6.18 Å². The van der Waals surface area contributed by atoms with Crippen molar-refractivity contribution in [1.82, 2.24) is 0 Å². The average Bonchev–Trinajstić information content (AvgIpc) is 3.05. The van der Waals surface area contributed by atoms with E-state index >= 15 is 0 Å². The van der Waals surface area contributed by atoms with E-state index in [0.29, 0.717) is 4.88 Å². The maximum absolute atomic E-state index is 12.7. The number of alkyl halides is 3. The minimum absolute atomic E-state index is 0.0828. The Morgan fingerprint density at radius 2 is 1.72 bits per heavy atom. The second-order valence-corrected chi connectivity index (χ2v) is 6.33. The summed E-state index contributed by atoms with van der Waals surface area (Å²) >= 11 is 1.21. The van der Waals surface area contributed by atoms with Gasteiger partial charge in [-0.3, -0.25) is 4.79 Å². The van der Waals surface area contributed by atoms with Crippen molar-refractivity contribution in [3.05, 3.63) is 71.1 Å². The number of hydrogen-bond donors (Lipinski definition) is 2. The fourth-order valence-corrected chi connectivity index (χ4v) is 3.11. The van der Waals surface area contributed by atoms with Gasteiger partial charge < -0.3 is 10.4 Å². The summed E-state index contributed by atoms with van der Waals surface area (Å²) in [7, 11) is 0. The van der Waals surface area contributed by atoms with Gasteiger partial charge in [-0.15, -0.1) is 11.3 Å². The number of benzene rings is 2. The van der Waals surface area contributed by atoms with Crippen molar-refractivity contribution in [3.63, 3.8) is 0 Å². The molecule has 2 aromatic carbocycles. The van der Waals surface area contributed by atoms with E-state index in [4.69, 9.17) is 0 Å². The molecule has 0 radical (unpaired) electrons. The zero-order valence-electron chi connectivity index (χ0n) is 12.7. The summed E-state index contributed by atoms with van der Waals surface area (Å²) in [6.45, 7) is 0. The second kappa shape index (κ2) is 6.60. The number of nitrogens with one attached hydrogen (secondary N) is 1. The van der Waals surface area contributed by atoms with Gasteiger partial charge in [-0.25, -0.2) is 0 Å². The van der Waals surface area contributed by atoms with Crippen LogP contribution in [0, 0.1) is 0 Å². The minimum Gasteiger partial charge on any atom is -0.508 e. The Bertz CT molecular complexity index is 901. The van der Waals surface area contributed by atoms with Gasteiger partial charge in [-0.2, -0.15) is 13.2 Å². The van der Waals surface area contributed by atoms with Gasteiger partial charge in [-0.05, 0) is 60.2 Å². The standard InChI is InChI=1S/C18H12F3NO2S/c19-18(20,21)12-2-1-3-13(10-12)22-17(24)16-9-8-15(25-16)11-4-6-14(23)7-5-11/h1-10,23H,(H,22,24). The lowest BCUT2D eigenvalue weighted by Gasteiger charge is -2.09. The van der Waals surface area contributed by atoms with E-state index in [0.717, 1.165) is 22.6 Å². The Labute approximate surface area is 145 Å². The molecule has 0 saturated carbocycles. The predicted molar refractivity (Wildman–Crippen MR) is 90.8 cm³/mol. The fourth-order valence-electron chi connectivity index (χ4n) is 2.21. The Kier molecular flexibility index (Phi) is 4.50. The van der Waals surface area contributed by atoms with Crippen LogP contribution in [0.15, 0.2) is 60.7 Å². The van der Waals surface area contributed by atoms with Crippen LogP contribution in [0.4, 0.5) is 18.9 Å². The number of aromatic hydroxyl groups is 1. The molecule has 0 unspecified atom stereocenters. The molecule has 1 heterocycles. The van der Waals surface area contributed by atoms with E-state index in [-0.39, 0.29) is 11.4 Å². The molecule has 0 spiro atoms. The van der Waals surface area contributed by atoms with E-state index in [1.807, 2.05) is 0 Å². The van der Waals surface area contributed by atoms with Gasteiger partial charge in [0.05, 0.1) is 10.4 Å². The van der Waals surface area contributed by atoms with Crippen molar-refractivity contribution in [3.8, 4) is 16.2 Å². The number of anilines is 1. The normalized spacial score (nSPS) is 11.3. The van der Waals surface area contributed by atoms with Crippen molar-refractivity contribution in [1.29, 1.82) is 0 Å². The molecule has 0 fully saturated rings. The molecule has 0 saturated heterocycles. The van der Waals surface area contributed by atoms with Crippen LogP contribution >= 0.6 is 11.3 Å². The SMILES string of the molecule is O=C(Nc1cccc(C(F)(F)F)c1)c1ccc(-c2ccc(O)cc2)s1. The van der Waals surface area contributed by atoms with Crippen LogP contribution in [0.5, 0.6) is 5.75 Å². The number of phenolic OH excluding ortho intramolecular Hbond substituents is 1. The Balaban J connectivity index is 1.77. The van der Waals surface area contributed by atoms with Crippen molar-refractivity contribution in [2.24, 2.45) is 0 Å². The quantitative estimate of drug-likeness (QED) is 0.655. The smallest absolute Gasteiger partial charge is 0.416 e. The maximum atomic E-state index is 12.7. The Hall–Kier alpha value is -2.80. The fraction of sp³-hybridized carbons (Fsp3) is 0.0556. The molecule has 1 amide bonds. The molecule has 0 atom stereocenters. The highest BCUT2D eigenvalue weighted by Crippen LogP contribution is 2.32. The van der Waals surface area contributed by atoms with E-state index in [2.05, 4.69) is 5.32 Å². The number of rotatable bonds is 3. The first-order valence-electron chi connectivity index (χ1n) is 7.21. The number of amides is 1. The van der Waals surface area contributed by atoms with Crippen molar-refractivity contribution < 1.29 is 23.1 Å². The third-order valence-electron chi connectivity index (χ3n) is 3.43. The maximum Gasteiger partial charge on any atom is 0.416 e. The lowest BCUT2D eigenvalue weighted by atomic mass is 10.2. The van der Waals surface area contributed by atoms with Gasteiger partial charge in [0, 0.05) is 10.6 Å². The van der Waals surface area contributed by atoms with Gasteiger partial charge >= 0.3 is 6.18 Å². The number of carbonyl (C=O) groups is 1. The lowest BCUT2D eigenvalue weighted by molar-refractivity contribution is -0.137. The Morgan fingerprint density at radius 1 is 1.00 bits per heavy atom. The first kappa shape index (κ1) is 17.0. The second-order valence-electron chi connectivity index (χ2n) is 5.24. The molecular formula is C18H12F3NO2S. The summed E-state index contributed by atoms with van der Waals surface area (Å²) < 4.78 is 38.2. The van der Waals surface area contributed by atoms with E-state index in [9.17, 15) is 23.1 Å². The Morgan fingerprint density at radius 3 is 2.40 bits per heavy atom. The van der Waals surface area contributed by atoms with Crippen LogP contribution in [0.25, 0.3) is 10.4 Å². The molecule has 2 N–H and O–H groups in total. The number of phenols is 1. The van der Waals surface area contributed by atoms with Gasteiger partial charge in [0.25, 0.3) is 5.91 Å². The van der Waals surface area contributed by atoms with Crippen molar-refractivity contribution in [2.75, 3.05) is 5.32 Å². The molecule has 0 aliphatic carbocycles. The van der Waals surface area contributed by atoms with Crippen LogP contribution in [0.1, 0.15) is 15.2 Å². The minimum atomic E-state index is -4.46. The number of hydrogen-bond acceptors (Lipinski definition) is 3. The van der Waals surface area contributed by atoms with E-state index in [1.165, 1.54) is 35.6 Å². The van der Waals surface area contributed by atoms with Gasteiger partial charge in [0.2, 0.25) is 0 Å². The summed E-state index contributed by atoms with van der Waals surface area (Å²) in [6.07, 6.45) is -4.46. The zero-order valence-corrected chi connectivity index (χ0v) is 13.5. The molecule has 128 valence electrons. The molecule has 3 nitrogen and oxygen atoms in total. The first-order valence-corrected chi connectivity index (χ1v) is 8.02. The van der Waals surface area contributed by atoms with Crippen LogP contribution in [0.2, 0.25) is 0 Å². The number of carbonyl (C=O) groups excluding carboxylic acids is 1. The van der Waals surface area contributed by atoms with Crippen molar-refractivity contribution in [2.45, 2.75) is 6.18 Å². The van der Waals surface area contributed by atoms with Crippen molar-refractivity contribution >= 4 is 22.9 Å². The summed E-state index contributed by atoms with van der Waals surface area (Å²) in [5.74, 6) is -0.336. The highest BCUT2D eigenvalue weighted by molar-refractivity contribution is 7.17. The largest absolute Gasteiger partial charge is 0.508 e. The van der Waals surface area contributed by atoms with Crippen LogP contribution in [0.3, 0.4) is 0 Å². The highest BCUT2D eigenvalue weighted by Gasteiger charge is 2.30. The third-order valence-corrected chi connectivity index (χ3v) is 4.56. The van der Waals surface area contributed by atoms with E-state index < -0.39 is 17.6 Å². The van der Waals surface area contributed by atoms with E-state index in [1.54, 1.807) is 24.3 Å². The average molecular weight is 363 g/mol. The van der Waals surface area contributed by atoms with Gasteiger partial charge in [0.1, 0.15) is 5.75 Å². The topological polar surface area (TPSA) is 49.3 Å². The lowest BCUT2D eigenvalue weighted by Crippen LogP contribution is -2.11. The molecule has 3 aromatic rings. The molecule has 3 rings (SSSR count).